The number of esters is 1. The SMILES string of the molecule is CCOC(=O)c1c(NC(=O)c2ccc(C(C)(C)C)cc2)sc2c1CCN(C(=O)OC)C2. The van der Waals surface area contributed by atoms with Gasteiger partial charge in [-0.3, -0.25) is 4.79 Å². The van der Waals surface area contributed by atoms with Gasteiger partial charge in [0.2, 0.25) is 0 Å². The molecule has 0 aliphatic carbocycles. The van der Waals surface area contributed by atoms with Crippen LogP contribution in [0.1, 0.15) is 64.4 Å². The van der Waals surface area contributed by atoms with Gasteiger partial charge in [0.15, 0.2) is 0 Å². The molecule has 2 amide bonds. The summed E-state index contributed by atoms with van der Waals surface area (Å²) in [6.07, 6.45) is 0.0758. The fourth-order valence-corrected chi connectivity index (χ4v) is 4.74. The number of thiophene rings is 1. The Kier molecular flexibility index (Phi) is 6.69. The van der Waals surface area contributed by atoms with Crippen molar-refractivity contribution < 1.29 is 23.9 Å². The zero-order valence-corrected chi connectivity index (χ0v) is 19.4. The molecule has 2 heterocycles. The Morgan fingerprint density at radius 3 is 2.42 bits per heavy atom. The lowest BCUT2D eigenvalue weighted by molar-refractivity contribution is 0.0526. The van der Waals surface area contributed by atoms with Crippen LogP contribution in [0.25, 0.3) is 0 Å². The van der Waals surface area contributed by atoms with Crippen molar-refractivity contribution in [1.82, 2.24) is 4.90 Å². The summed E-state index contributed by atoms with van der Waals surface area (Å²) in [5, 5.41) is 3.33. The van der Waals surface area contributed by atoms with Gasteiger partial charge < -0.3 is 19.7 Å². The van der Waals surface area contributed by atoms with Crippen LogP contribution < -0.4 is 5.32 Å². The first-order chi connectivity index (χ1) is 14.7. The average Bonchev–Trinajstić information content (AvgIpc) is 3.09. The second kappa shape index (κ2) is 9.09. The van der Waals surface area contributed by atoms with E-state index >= 15 is 0 Å². The topological polar surface area (TPSA) is 84.9 Å². The number of nitrogens with one attached hydrogen (secondary N) is 1. The smallest absolute Gasteiger partial charge is 0.409 e. The van der Waals surface area contributed by atoms with Crippen LogP contribution >= 0.6 is 11.3 Å². The van der Waals surface area contributed by atoms with Gasteiger partial charge in [-0.25, -0.2) is 9.59 Å². The van der Waals surface area contributed by atoms with E-state index in [-0.39, 0.29) is 17.9 Å². The summed E-state index contributed by atoms with van der Waals surface area (Å²) in [4.78, 5) is 39.9. The van der Waals surface area contributed by atoms with Crippen molar-refractivity contribution in [1.29, 1.82) is 0 Å². The van der Waals surface area contributed by atoms with Crippen LogP contribution in [-0.4, -0.2) is 43.1 Å². The second-order valence-corrected chi connectivity index (χ2v) is 9.46. The van der Waals surface area contributed by atoms with Crippen molar-refractivity contribution >= 4 is 34.3 Å². The number of amides is 2. The highest BCUT2D eigenvalue weighted by atomic mass is 32.1. The Labute approximate surface area is 186 Å². The molecule has 1 aromatic heterocycles. The van der Waals surface area contributed by atoms with Crippen LogP contribution in [0.3, 0.4) is 0 Å². The normalized spacial score (nSPS) is 13.4. The van der Waals surface area contributed by atoms with E-state index in [1.807, 2.05) is 12.1 Å². The molecule has 1 N–H and O–H groups in total. The molecule has 1 aliphatic heterocycles. The van der Waals surface area contributed by atoms with E-state index in [1.54, 1.807) is 24.0 Å². The third-order valence-corrected chi connectivity index (χ3v) is 6.34. The number of fused-ring (bicyclic) bond motifs is 1. The molecule has 0 spiro atoms. The number of nitrogens with zero attached hydrogens (tertiary/aromatic N) is 1. The Balaban J connectivity index is 1.89. The molecule has 0 bridgehead atoms. The number of anilines is 1. The molecule has 0 saturated heterocycles. The second-order valence-electron chi connectivity index (χ2n) is 8.35. The maximum absolute atomic E-state index is 12.9. The molecule has 7 nitrogen and oxygen atoms in total. The molecule has 3 rings (SSSR count). The predicted molar refractivity (Wildman–Crippen MR) is 120 cm³/mol. The molecule has 0 atom stereocenters. The Bertz CT molecular complexity index is 989. The highest BCUT2D eigenvalue weighted by Gasteiger charge is 2.31. The van der Waals surface area contributed by atoms with E-state index in [1.165, 1.54) is 18.4 Å². The molecule has 166 valence electrons. The summed E-state index contributed by atoms with van der Waals surface area (Å²) in [5.74, 6) is -0.765. The maximum atomic E-state index is 12.9. The van der Waals surface area contributed by atoms with E-state index in [4.69, 9.17) is 9.47 Å². The van der Waals surface area contributed by atoms with Crippen LogP contribution in [0.5, 0.6) is 0 Å². The van der Waals surface area contributed by atoms with E-state index in [0.717, 1.165) is 16.0 Å². The number of ether oxygens (including phenoxy) is 2. The van der Waals surface area contributed by atoms with Crippen LogP contribution in [-0.2, 0) is 27.9 Å². The standard InChI is InChI=1S/C23H28N2O5S/c1-6-30-21(27)18-16-11-12-25(22(28)29-5)13-17(16)31-20(18)24-19(26)14-7-9-15(10-8-14)23(2,3)4/h7-10H,6,11-13H2,1-5H3,(H,24,26). The largest absolute Gasteiger partial charge is 0.462 e. The fraction of sp³-hybridized carbons (Fsp3) is 0.435. The van der Waals surface area contributed by atoms with E-state index in [0.29, 0.717) is 35.6 Å². The third kappa shape index (κ3) is 4.90. The molecule has 0 saturated carbocycles. The van der Waals surface area contributed by atoms with Crippen LogP contribution in [0.15, 0.2) is 24.3 Å². The van der Waals surface area contributed by atoms with Crippen molar-refractivity contribution in [3.8, 4) is 0 Å². The first-order valence-electron chi connectivity index (χ1n) is 10.2. The quantitative estimate of drug-likeness (QED) is 0.697. The van der Waals surface area contributed by atoms with Gasteiger partial charge in [0, 0.05) is 17.0 Å². The molecule has 31 heavy (non-hydrogen) atoms. The minimum atomic E-state index is -0.468. The molecule has 2 aromatic rings. The van der Waals surface area contributed by atoms with Gasteiger partial charge >= 0.3 is 12.1 Å². The number of methoxy groups -OCH3 is 1. The number of carbonyl (C=O) groups is 3. The van der Waals surface area contributed by atoms with Crippen molar-refractivity contribution in [2.75, 3.05) is 25.6 Å². The zero-order chi connectivity index (χ0) is 22.8. The Hall–Kier alpha value is -2.87. The summed E-state index contributed by atoms with van der Waals surface area (Å²) in [5.41, 5.74) is 2.83. The summed E-state index contributed by atoms with van der Waals surface area (Å²) >= 11 is 1.30. The molecular weight excluding hydrogens is 416 g/mol. The molecule has 1 aromatic carbocycles. The summed E-state index contributed by atoms with van der Waals surface area (Å²) in [6, 6.07) is 7.45. The summed E-state index contributed by atoms with van der Waals surface area (Å²) in [6.45, 7) is 9.08. The number of hydrogen-bond acceptors (Lipinski definition) is 6. The van der Waals surface area contributed by atoms with Gasteiger partial charge in [-0.05, 0) is 42.0 Å². The van der Waals surface area contributed by atoms with Gasteiger partial charge in [0.1, 0.15) is 5.00 Å². The highest BCUT2D eigenvalue weighted by Crippen LogP contribution is 2.38. The van der Waals surface area contributed by atoms with Gasteiger partial charge in [0.25, 0.3) is 5.91 Å². The Morgan fingerprint density at radius 2 is 1.84 bits per heavy atom. The van der Waals surface area contributed by atoms with Gasteiger partial charge in [-0.2, -0.15) is 0 Å². The van der Waals surface area contributed by atoms with Crippen LogP contribution in [0.4, 0.5) is 9.80 Å². The number of carbonyl (C=O) groups excluding carboxylic acids is 3. The maximum Gasteiger partial charge on any atom is 0.409 e. The highest BCUT2D eigenvalue weighted by molar-refractivity contribution is 7.17. The zero-order valence-electron chi connectivity index (χ0n) is 18.5. The lowest BCUT2D eigenvalue weighted by Gasteiger charge is -2.25. The molecule has 0 radical (unpaired) electrons. The monoisotopic (exact) mass is 444 g/mol. The van der Waals surface area contributed by atoms with Crippen LogP contribution in [0.2, 0.25) is 0 Å². The number of hydrogen-bond donors (Lipinski definition) is 1. The van der Waals surface area contributed by atoms with Crippen molar-refractivity contribution in [3.05, 3.63) is 51.4 Å². The van der Waals surface area contributed by atoms with Crippen molar-refractivity contribution in [2.24, 2.45) is 0 Å². The number of rotatable bonds is 4. The molecule has 1 aliphatic rings. The molecule has 8 heteroatoms. The van der Waals surface area contributed by atoms with Crippen molar-refractivity contribution in [3.63, 3.8) is 0 Å². The van der Waals surface area contributed by atoms with Crippen molar-refractivity contribution in [2.45, 2.75) is 46.1 Å². The van der Waals surface area contributed by atoms with Gasteiger partial charge in [0.05, 0.1) is 25.8 Å². The first kappa shape index (κ1) is 22.8. The third-order valence-electron chi connectivity index (χ3n) is 5.21. The van der Waals surface area contributed by atoms with E-state index < -0.39 is 12.1 Å². The summed E-state index contributed by atoms with van der Waals surface area (Å²) < 4.78 is 10.1. The minimum absolute atomic E-state index is 0.00952. The minimum Gasteiger partial charge on any atom is -0.462 e. The average molecular weight is 445 g/mol. The van der Waals surface area contributed by atoms with Gasteiger partial charge in [-0.1, -0.05) is 32.9 Å². The summed E-state index contributed by atoms with van der Waals surface area (Å²) in [7, 11) is 1.34. The van der Waals surface area contributed by atoms with Gasteiger partial charge in [-0.15, -0.1) is 11.3 Å². The Morgan fingerprint density at radius 1 is 1.16 bits per heavy atom. The molecule has 0 fully saturated rings. The van der Waals surface area contributed by atoms with Crippen LogP contribution in [0, 0.1) is 0 Å². The lowest BCUT2D eigenvalue weighted by Crippen LogP contribution is -2.35. The van der Waals surface area contributed by atoms with E-state index in [2.05, 4.69) is 26.1 Å². The fourth-order valence-electron chi connectivity index (χ4n) is 3.49. The molecule has 0 unspecified atom stereocenters. The lowest BCUT2D eigenvalue weighted by atomic mass is 9.87. The van der Waals surface area contributed by atoms with E-state index in [9.17, 15) is 14.4 Å². The predicted octanol–water partition coefficient (Wildman–Crippen LogP) is 4.60. The molecular formula is C23H28N2O5S. The first-order valence-corrected chi connectivity index (χ1v) is 11.0. The number of benzene rings is 1.